The van der Waals surface area contributed by atoms with Crippen LogP contribution in [0.2, 0.25) is 0 Å². The first-order valence-corrected chi connectivity index (χ1v) is 14.1. The molecule has 2 aromatic heterocycles. The summed E-state index contributed by atoms with van der Waals surface area (Å²) in [6.07, 6.45) is 0.879. The highest BCUT2D eigenvalue weighted by Gasteiger charge is 2.32. The number of hydrogen-bond acceptors (Lipinski definition) is 7. The van der Waals surface area contributed by atoms with Gasteiger partial charge in [-0.25, -0.2) is 22.2 Å². The zero-order valence-corrected chi connectivity index (χ0v) is 21.7. The van der Waals surface area contributed by atoms with Crippen LogP contribution in [-0.2, 0) is 27.6 Å². The molecule has 0 aliphatic heterocycles. The highest BCUT2D eigenvalue weighted by molar-refractivity contribution is 7.91. The van der Waals surface area contributed by atoms with Crippen LogP contribution in [0, 0.1) is 11.6 Å². The van der Waals surface area contributed by atoms with Gasteiger partial charge in [0, 0.05) is 29.6 Å². The molecule has 2 aromatic carbocycles. The van der Waals surface area contributed by atoms with Crippen LogP contribution in [0.4, 0.5) is 8.78 Å². The normalized spacial score (nSPS) is 14.2. The molecule has 36 heavy (non-hydrogen) atoms. The van der Waals surface area contributed by atoms with Crippen molar-refractivity contribution in [3.05, 3.63) is 77.5 Å². The summed E-state index contributed by atoms with van der Waals surface area (Å²) in [6, 6.07) is 12.9. The monoisotopic (exact) mass is 533 g/mol. The predicted molar refractivity (Wildman–Crippen MR) is 134 cm³/mol. The molecule has 0 aliphatic carbocycles. The molecule has 0 amide bonds. The topological polar surface area (TPSA) is 108 Å². The first-order valence-electron chi connectivity index (χ1n) is 11.0. The van der Waals surface area contributed by atoms with Gasteiger partial charge in [-0.1, -0.05) is 35.5 Å². The van der Waals surface area contributed by atoms with Crippen molar-refractivity contribution in [3.8, 4) is 11.3 Å². The van der Waals surface area contributed by atoms with Gasteiger partial charge in [0.15, 0.2) is 20.7 Å². The number of halogens is 2. The summed E-state index contributed by atoms with van der Waals surface area (Å²) < 4.78 is 73.9. The number of rotatable bonds is 7. The third-order valence-electron chi connectivity index (χ3n) is 5.52. The molecule has 4 aromatic rings. The van der Waals surface area contributed by atoms with E-state index in [4.69, 9.17) is 4.52 Å². The zero-order valence-electron chi connectivity index (χ0n) is 20.1. The number of hydrogen-bond donors (Lipinski definition) is 1. The Morgan fingerprint density at radius 3 is 2.47 bits per heavy atom. The molecule has 190 valence electrons. The molecule has 1 unspecified atom stereocenters. The Hall–Kier alpha value is -2.86. The van der Waals surface area contributed by atoms with Crippen molar-refractivity contribution in [2.75, 3.05) is 6.26 Å². The Kier molecular flexibility index (Phi) is 7.20. The maximum Gasteiger partial charge on any atom is 0.203 e. The first kappa shape index (κ1) is 26.2. The number of para-hydroxylation sites is 1. The molecule has 2 heterocycles. The minimum absolute atomic E-state index is 0.00125. The average molecular weight is 534 g/mol. The molecule has 1 N–H and O–H groups in total. The molecular formula is C25H25F2N3O4S2. The van der Waals surface area contributed by atoms with Crippen LogP contribution < -0.4 is 4.72 Å². The highest BCUT2D eigenvalue weighted by atomic mass is 32.2. The second kappa shape index (κ2) is 9.89. The Balaban J connectivity index is 1.85. The van der Waals surface area contributed by atoms with Crippen molar-refractivity contribution in [2.24, 2.45) is 0 Å². The fourth-order valence-corrected chi connectivity index (χ4v) is 5.08. The predicted octanol–water partition coefficient (Wildman–Crippen LogP) is 4.91. The fraction of sp³-hybridized carbons (Fsp3) is 0.280. The van der Waals surface area contributed by atoms with Crippen molar-refractivity contribution in [1.29, 1.82) is 0 Å². The molecule has 2 atom stereocenters. The highest BCUT2D eigenvalue weighted by Crippen LogP contribution is 2.36. The first-order chi connectivity index (χ1) is 16.9. The van der Waals surface area contributed by atoms with Gasteiger partial charge in [-0.3, -0.25) is 0 Å². The van der Waals surface area contributed by atoms with E-state index in [2.05, 4.69) is 14.9 Å². The Labute approximate surface area is 211 Å². The molecule has 0 aliphatic rings. The summed E-state index contributed by atoms with van der Waals surface area (Å²) >= 11 is -1.58. The lowest BCUT2D eigenvalue weighted by atomic mass is 9.94. The SMILES string of the molecule is CC(C)(C)[S+]([O-])N[C@@H](Cc1nc(S(C)(=O)=O)ccc1F)c1ccccc1-c1noc2c(F)cccc12. The van der Waals surface area contributed by atoms with E-state index in [1.807, 2.05) is 0 Å². The average Bonchev–Trinajstić information content (AvgIpc) is 3.24. The third kappa shape index (κ3) is 5.44. The lowest BCUT2D eigenvalue weighted by molar-refractivity contribution is 0.443. The second-order valence-corrected chi connectivity index (χ2v) is 13.3. The third-order valence-corrected chi connectivity index (χ3v) is 8.12. The van der Waals surface area contributed by atoms with Crippen LogP contribution in [0.5, 0.6) is 0 Å². The summed E-state index contributed by atoms with van der Waals surface area (Å²) in [7, 11) is -3.68. The molecule has 11 heteroatoms. The molecule has 7 nitrogen and oxygen atoms in total. The molecule has 0 saturated heterocycles. The minimum atomic E-state index is -3.68. The van der Waals surface area contributed by atoms with Crippen LogP contribution in [0.1, 0.15) is 38.1 Å². The molecule has 0 fully saturated rings. The van der Waals surface area contributed by atoms with Crippen molar-refractivity contribution in [3.63, 3.8) is 0 Å². The van der Waals surface area contributed by atoms with Gasteiger partial charge < -0.3 is 9.08 Å². The van der Waals surface area contributed by atoms with Gasteiger partial charge in [-0.05, 0) is 50.6 Å². The van der Waals surface area contributed by atoms with Gasteiger partial charge in [0.1, 0.15) is 16.3 Å². The largest absolute Gasteiger partial charge is 0.598 e. The van der Waals surface area contributed by atoms with Crippen molar-refractivity contribution >= 4 is 32.2 Å². The molecule has 0 bridgehead atoms. The van der Waals surface area contributed by atoms with Gasteiger partial charge in [-0.15, -0.1) is 4.72 Å². The number of nitrogens with zero attached hydrogens (tertiary/aromatic N) is 2. The van der Waals surface area contributed by atoms with Crippen LogP contribution in [-0.4, -0.2) is 34.1 Å². The maximum absolute atomic E-state index is 14.8. The Morgan fingerprint density at radius 2 is 1.78 bits per heavy atom. The number of fused-ring (bicyclic) bond motifs is 1. The summed E-state index contributed by atoms with van der Waals surface area (Å²) in [5, 5.41) is 4.26. The van der Waals surface area contributed by atoms with Gasteiger partial charge in [-0.2, -0.15) is 0 Å². The van der Waals surface area contributed by atoms with Gasteiger partial charge in [0.25, 0.3) is 0 Å². The van der Waals surface area contributed by atoms with Crippen LogP contribution in [0.25, 0.3) is 22.2 Å². The van der Waals surface area contributed by atoms with E-state index in [0.29, 0.717) is 22.2 Å². The second-order valence-electron chi connectivity index (χ2n) is 9.34. The molecule has 0 radical (unpaired) electrons. The summed E-state index contributed by atoms with van der Waals surface area (Å²) in [5.41, 5.74) is 1.41. The van der Waals surface area contributed by atoms with E-state index >= 15 is 0 Å². The van der Waals surface area contributed by atoms with Crippen molar-refractivity contribution in [1.82, 2.24) is 14.9 Å². The van der Waals surface area contributed by atoms with Crippen LogP contribution >= 0.6 is 0 Å². The lowest BCUT2D eigenvalue weighted by Gasteiger charge is -2.29. The molecule has 4 rings (SSSR count). The zero-order chi connectivity index (χ0) is 26.3. The molecular weight excluding hydrogens is 508 g/mol. The van der Waals surface area contributed by atoms with E-state index < -0.39 is 43.6 Å². The summed E-state index contributed by atoms with van der Waals surface area (Å²) in [5.74, 6) is -1.25. The number of aromatic nitrogens is 2. The van der Waals surface area contributed by atoms with E-state index in [-0.39, 0.29) is 22.7 Å². The number of pyridine rings is 1. The van der Waals surface area contributed by atoms with Gasteiger partial charge in [0.05, 0.1) is 17.1 Å². The van der Waals surface area contributed by atoms with E-state index in [0.717, 1.165) is 18.4 Å². The maximum atomic E-state index is 14.8. The molecule has 0 saturated carbocycles. The number of nitrogens with one attached hydrogen (secondary N) is 1. The van der Waals surface area contributed by atoms with E-state index in [1.165, 1.54) is 6.07 Å². The summed E-state index contributed by atoms with van der Waals surface area (Å²) in [6.45, 7) is 5.36. The number of benzene rings is 2. The Morgan fingerprint density at radius 1 is 1.06 bits per heavy atom. The Bertz CT molecular complexity index is 1520. The van der Waals surface area contributed by atoms with Crippen LogP contribution in [0.15, 0.2) is 64.1 Å². The minimum Gasteiger partial charge on any atom is -0.598 e. The van der Waals surface area contributed by atoms with Crippen molar-refractivity contribution < 1.29 is 26.3 Å². The van der Waals surface area contributed by atoms with Gasteiger partial charge >= 0.3 is 0 Å². The smallest absolute Gasteiger partial charge is 0.203 e. The molecule has 0 spiro atoms. The standard InChI is InChI=1S/C25H25F2N3O4S2/c1-25(2,3)35(31)30-20(14-21-18(26)12-13-22(28-21)36(4,32)33)15-8-5-6-9-16(15)23-17-10-7-11-19(27)24(17)34-29-23/h5-13,20,30H,14H2,1-4H3/t20-,35?/m0/s1. The van der Waals surface area contributed by atoms with E-state index in [1.54, 1.807) is 57.2 Å². The number of sulfone groups is 1. The fourth-order valence-electron chi connectivity index (χ4n) is 3.67. The lowest BCUT2D eigenvalue weighted by Crippen LogP contribution is -2.42. The van der Waals surface area contributed by atoms with Crippen molar-refractivity contribution in [2.45, 2.75) is 43.0 Å². The van der Waals surface area contributed by atoms with Gasteiger partial charge in [0.2, 0.25) is 5.58 Å². The summed E-state index contributed by atoms with van der Waals surface area (Å²) in [4.78, 5) is 4.05. The van der Waals surface area contributed by atoms with Crippen LogP contribution in [0.3, 0.4) is 0 Å². The quantitative estimate of drug-likeness (QED) is 0.336. The van der Waals surface area contributed by atoms with E-state index in [9.17, 15) is 21.8 Å².